The molecule has 0 radical (unpaired) electrons. The molecule has 1 fully saturated rings. The second-order valence-corrected chi connectivity index (χ2v) is 7.63. The Bertz CT molecular complexity index is 1000. The third kappa shape index (κ3) is 3.72. The average molecular weight is 378 g/mol. The van der Waals surface area contributed by atoms with Gasteiger partial charge >= 0.3 is 0 Å². The predicted molar refractivity (Wildman–Crippen MR) is 108 cm³/mol. The number of amides is 1. The number of ether oxygens (including phenoxy) is 1. The fraction of sp³-hybridized carbons (Fsp3) is 0.409. The Morgan fingerprint density at radius 1 is 1.14 bits per heavy atom. The minimum atomic E-state index is -0.0543. The Balaban J connectivity index is 1.38. The van der Waals surface area contributed by atoms with Gasteiger partial charge in [-0.3, -0.25) is 14.2 Å². The summed E-state index contributed by atoms with van der Waals surface area (Å²) in [6.45, 7) is 5.87. The van der Waals surface area contributed by atoms with Crippen molar-refractivity contribution in [3.8, 4) is 5.75 Å². The van der Waals surface area contributed by atoms with Gasteiger partial charge in [0.1, 0.15) is 17.1 Å². The molecule has 6 heteroatoms. The SMILES string of the molecule is Cc1ccn2c(C(=O)NC3CCC(Oc4cccnc4C)CC3)c(C)nc2c1. The summed E-state index contributed by atoms with van der Waals surface area (Å²) in [5, 5.41) is 3.20. The maximum Gasteiger partial charge on any atom is 0.270 e. The van der Waals surface area contributed by atoms with E-state index in [0.717, 1.165) is 54.0 Å². The van der Waals surface area contributed by atoms with Gasteiger partial charge in [0.05, 0.1) is 17.5 Å². The van der Waals surface area contributed by atoms with E-state index >= 15 is 0 Å². The van der Waals surface area contributed by atoms with Crippen LogP contribution in [0.1, 0.15) is 53.1 Å². The molecule has 0 spiro atoms. The van der Waals surface area contributed by atoms with Crippen molar-refractivity contribution in [3.05, 3.63) is 59.3 Å². The summed E-state index contributed by atoms with van der Waals surface area (Å²) in [4.78, 5) is 21.7. The number of pyridine rings is 2. The number of aryl methyl sites for hydroxylation is 3. The molecule has 3 aromatic rings. The molecule has 1 aliphatic rings. The highest BCUT2D eigenvalue weighted by molar-refractivity contribution is 5.94. The maximum atomic E-state index is 12.9. The van der Waals surface area contributed by atoms with Gasteiger partial charge in [0.15, 0.2) is 0 Å². The van der Waals surface area contributed by atoms with Gasteiger partial charge in [0, 0.05) is 18.4 Å². The van der Waals surface area contributed by atoms with Crippen molar-refractivity contribution in [2.45, 2.75) is 58.6 Å². The van der Waals surface area contributed by atoms with E-state index in [9.17, 15) is 4.79 Å². The summed E-state index contributed by atoms with van der Waals surface area (Å²) in [5.74, 6) is 0.799. The number of rotatable bonds is 4. The minimum Gasteiger partial charge on any atom is -0.489 e. The second-order valence-electron chi connectivity index (χ2n) is 7.63. The van der Waals surface area contributed by atoms with Gasteiger partial charge in [-0.1, -0.05) is 0 Å². The third-order valence-electron chi connectivity index (χ3n) is 5.43. The number of aromatic nitrogens is 3. The molecular formula is C22H26N4O2. The van der Waals surface area contributed by atoms with Crippen LogP contribution in [0, 0.1) is 20.8 Å². The lowest BCUT2D eigenvalue weighted by Crippen LogP contribution is -2.40. The lowest BCUT2D eigenvalue weighted by molar-refractivity contribution is 0.0887. The van der Waals surface area contributed by atoms with Gasteiger partial charge in [-0.05, 0) is 76.3 Å². The first-order valence-electron chi connectivity index (χ1n) is 9.85. The van der Waals surface area contributed by atoms with Crippen molar-refractivity contribution in [1.82, 2.24) is 19.7 Å². The van der Waals surface area contributed by atoms with Crippen LogP contribution in [0.4, 0.5) is 0 Å². The molecule has 0 aromatic carbocycles. The van der Waals surface area contributed by atoms with Crippen LogP contribution in [0.15, 0.2) is 36.7 Å². The molecule has 3 heterocycles. The second kappa shape index (κ2) is 7.62. The van der Waals surface area contributed by atoms with Crippen molar-refractivity contribution in [3.63, 3.8) is 0 Å². The Morgan fingerprint density at radius 3 is 2.68 bits per heavy atom. The number of carbonyl (C=O) groups excluding carboxylic acids is 1. The number of imidazole rings is 1. The van der Waals surface area contributed by atoms with E-state index in [1.807, 2.05) is 55.6 Å². The molecule has 0 bridgehead atoms. The summed E-state index contributed by atoms with van der Waals surface area (Å²) in [6.07, 6.45) is 7.53. The van der Waals surface area contributed by atoms with Gasteiger partial charge in [0.25, 0.3) is 5.91 Å². The van der Waals surface area contributed by atoms with E-state index in [0.29, 0.717) is 5.69 Å². The molecule has 1 N–H and O–H groups in total. The molecule has 0 saturated heterocycles. The first-order valence-corrected chi connectivity index (χ1v) is 9.85. The molecule has 1 saturated carbocycles. The van der Waals surface area contributed by atoms with Crippen molar-refractivity contribution >= 4 is 11.6 Å². The average Bonchev–Trinajstić information content (AvgIpc) is 3.00. The number of nitrogens with zero attached hydrogens (tertiary/aromatic N) is 3. The molecule has 0 aliphatic heterocycles. The molecule has 1 aliphatic carbocycles. The smallest absolute Gasteiger partial charge is 0.270 e. The normalized spacial score (nSPS) is 19.5. The van der Waals surface area contributed by atoms with Crippen LogP contribution >= 0.6 is 0 Å². The van der Waals surface area contributed by atoms with Gasteiger partial charge in [-0.25, -0.2) is 4.98 Å². The van der Waals surface area contributed by atoms with Crippen LogP contribution in [0.3, 0.4) is 0 Å². The summed E-state index contributed by atoms with van der Waals surface area (Å²) in [5.41, 5.74) is 4.24. The van der Waals surface area contributed by atoms with Crippen LogP contribution in [-0.4, -0.2) is 32.4 Å². The van der Waals surface area contributed by atoms with E-state index in [-0.39, 0.29) is 18.1 Å². The summed E-state index contributed by atoms with van der Waals surface area (Å²) < 4.78 is 7.98. The molecule has 0 atom stereocenters. The topological polar surface area (TPSA) is 68.5 Å². The van der Waals surface area contributed by atoms with Crippen molar-refractivity contribution in [2.75, 3.05) is 0 Å². The molecule has 28 heavy (non-hydrogen) atoms. The highest BCUT2D eigenvalue weighted by Gasteiger charge is 2.26. The highest BCUT2D eigenvalue weighted by atomic mass is 16.5. The molecule has 3 aromatic heterocycles. The zero-order chi connectivity index (χ0) is 19.7. The van der Waals surface area contributed by atoms with E-state index < -0.39 is 0 Å². The zero-order valence-electron chi connectivity index (χ0n) is 16.6. The van der Waals surface area contributed by atoms with Crippen molar-refractivity contribution in [1.29, 1.82) is 0 Å². The summed E-state index contributed by atoms with van der Waals surface area (Å²) in [7, 11) is 0. The first-order chi connectivity index (χ1) is 13.5. The van der Waals surface area contributed by atoms with E-state index in [1.165, 1.54) is 0 Å². The predicted octanol–water partition coefficient (Wildman–Crippen LogP) is 3.77. The van der Waals surface area contributed by atoms with Crippen LogP contribution < -0.4 is 10.1 Å². The quantitative estimate of drug-likeness (QED) is 0.750. The molecule has 1 amide bonds. The number of nitrogens with one attached hydrogen (secondary N) is 1. The van der Waals surface area contributed by atoms with Gasteiger partial charge < -0.3 is 10.1 Å². The number of hydrogen-bond donors (Lipinski definition) is 1. The lowest BCUT2D eigenvalue weighted by atomic mass is 9.92. The fourth-order valence-corrected chi connectivity index (χ4v) is 3.89. The molecule has 4 rings (SSSR count). The highest BCUT2D eigenvalue weighted by Crippen LogP contribution is 2.25. The summed E-state index contributed by atoms with van der Waals surface area (Å²) >= 11 is 0. The third-order valence-corrected chi connectivity index (χ3v) is 5.43. The first kappa shape index (κ1) is 18.5. The van der Waals surface area contributed by atoms with E-state index in [4.69, 9.17) is 4.74 Å². The summed E-state index contributed by atoms with van der Waals surface area (Å²) in [6, 6.07) is 8.01. The van der Waals surface area contributed by atoms with Gasteiger partial charge in [-0.15, -0.1) is 0 Å². The van der Waals surface area contributed by atoms with E-state index in [2.05, 4.69) is 15.3 Å². The largest absolute Gasteiger partial charge is 0.489 e. The number of fused-ring (bicyclic) bond motifs is 1. The zero-order valence-corrected chi connectivity index (χ0v) is 16.6. The maximum absolute atomic E-state index is 12.9. The molecule has 6 nitrogen and oxygen atoms in total. The minimum absolute atomic E-state index is 0.0543. The Hall–Kier alpha value is -2.89. The van der Waals surface area contributed by atoms with Crippen LogP contribution in [-0.2, 0) is 0 Å². The van der Waals surface area contributed by atoms with Crippen molar-refractivity contribution < 1.29 is 9.53 Å². The Labute approximate surface area is 165 Å². The van der Waals surface area contributed by atoms with E-state index in [1.54, 1.807) is 6.20 Å². The lowest BCUT2D eigenvalue weighted by Gasteiger charge is -2.29. The Kier molecular flexibility index (Phi) is 5.03. The van der Waals surface area contributed by atoms with Crippen LogP contribution in [0.25, 0.3) is 5.65 Å². The number of carbonyl (C=O) groups is 1. The van der Waals surface area contributed by atoms with Gasteiger partial charge in [-0.2, -0.15) is 0 Å². The molecule has 0 unspecified atom stereocenters. The fourth-order valence-electron chi connectivity index (χ4n) is 3.89. The number of hydrogen-bond acceptors (Lipinski definition) is 4. The molecular weight excluding hydrogens is 352 g/mol. The van der Waals surface area contributed by atoms with Crippen LogP contribution in [0.5, 0.6) is 5.75 Å². The van der Waals surface area contributed by atoms with Crippen LogP contribution in [0.2, 0.25) is 0 Å². The van der Waals surface area contributed by atoms with Gasteiger partial charge in [0.2, 0.25) is 0 Å². The molecule has 146 valence electrons. The Morgan fingerprint density at radius 2 is 1.93 bits per heavy atom. The van der Waals surface area contributed by atoms with Crippen molar-refractivity contribution in [2.24, 2.45) is 0 Å². The monoisotopic (exact) mass is 378 g/mol. The standard InChI is InChI=1S/C22H26N4O2/c1-14-10-12-26-20(13-14)24-16(3)21(26)22(27)25-17-6-8-18(9-7-17)28-19-5-4-11-23-15(19)2/h4-5,10-13,17-18H,6-9H2,1-3H3,(H,25,27).